The van der Waals surface area contributed by atoms with Crippen LogP contribution in [0.2, 0.25) is 0 Å². The molecule has 2 atom stereocenters. The summed E-state index contributed by atoms with van der Waals surface area (Å²) < 4.78 is 0. The van der Waals surface area contributed by atoms with Crippen LogP contribution < -0.4 is 10.7 Å². The van der Waals surface area contributed by atoms with Gasteiger partial charge in [-0.25, -0.2) is 10.4 Å². The molecule has 0 spiro atoms. The first-order valence-electron chi connectivity index (χ1n) is 10.0. The standard InChI is InChI=1S/C23H29N5O2/c1-5-6-7-8-15(2)22-16(3)23(24-14-28(22)4)25-17-9-10-18(20(29)13-17)19-11-12-21(30)27-26-19/h5,7-10,13,18,20,29H,1-2,6,11-12,14H2,3-4H3,(H,24,25)(H,27,30)/b8-7+. The minimum atomic E-state index is -0.723. The Kier molecular flexibility index (Phi) is 6.84. The first kappa shape index (κ1) is 21.5. The molecule has 0 aromatic carbocycles. The van der Waals surface area contributed by atoms with Crippen molar-refractivity contribution in [1.29, 1.82) is 0 Å². The zero-order valence-corrected chi connectivity index (χ0v) is 17.6. The molecule has 3 aliphatic rings. The number of hydrazone groups is 1. The summed E-state index contributed by atoms with van der Waals surface area (Å²) in [4.78, 5) is 18.0. The lowest BCUT2D eigenvalue weighted by atomic mass is 9.89. The van der Waals surface area contributed by atoms with E-state index in [0.717, 1.165) is 40.5 Å². The highest BCUT2D eigenvalue weighted by Crippen LogP contribution is 2.25. The van der Waals surface area contributed by atoms with E-state index in [1.165, 1.54) is 0 Å². The highest BCUT2D eigenvalue weighted by atomic mass is 16.3. The minimum absolute atomic E-state index is 0.0924. The van der Waals surface area contributed by atoms with Crippen LogP contribution in [0.15, 0.2) is 82.2 Å². The molecule has 2 unspecified atom stereocenters. The molecule has 1 aliphatic carbocycles. The van der Waals surface area contributed by atoms with Crippen LogP contribution in [0.1, 0.15) is 26.2 Å². The van der Waals surface area contributed by atoms with Crippen LogP contribution >= 0.6 is 0 Å². The first-order chi connectivity index (χ1) is 14.4. The van der Waals surface area contributed by atoms with Crippen LogP contribution in [0, 0.1) is 5.92 Å². The Morgan fingerprint density at radius 1 is 1.47 bits per heavy atom. The Morgan fingerprint density at radius 3 is 2.93 bits per heavy atom. The second-order valence-corrected chi connectivity index (χ2v) is 7.53. The molecule has 0 saturated heterocycles. The number of hydrogen-bond acceptors (Lipinski definition) is 6. The Labute approximate surface area is 177 Å². The molecule has 30 heavy (non-hydrogen) atoms. The van der Waals surface area contributed by atoms with E-state index in [1.807, 2.05) is 44.4 Å². The molecule has 0 radical (unpaired) electrons. The smallest absolute Gasteiger partial charge is 0.240 e. The molecule has 2 aliphatic heterocycles. The van der Waals surface area contributed by atoms with Crippen LogP contribution in [0.3, 0.4) is 0 Å². The van der Waals surface area contributed by atoms with Crippen LogP contribution in [0.25, 0.3) is 0 Å². The maximum Gasteiger partial charge on any atom is 0.240 e. The van der Waals surface area contributed by atoms with Gasteiger partial charge in [0.05, 0.1) is 11.8 Å². The normalized spacial score (nSPS) is 24.3. The van der Waals surface area contributed by atoms with Crippen molar-refractivity contribution in [2.24, 2.45) is 16.0 Å². The molecule has 0 aromatic rings. The fourth-order valence-corrected chi connectivity index (χ4v) is 3.69. The summed E-state index contributed by atoms with van der Waals surface area (Å²) in [5, 5.41) is 18.0. The summed E-state index contributed by atoms with van der Waals surface area (Å²) in [6, 6.07) is 0. The molecule has 7 heteroatoms. The summed E-state index contributed by atoms with van der Waals surface area (Å²) >= 11 is 0. The quantitative estimate of drug-likeness (QED) is 0.466. The van der Waals surface area contributed by atoms with Crippen LogP contribution in [0.4, 0.5) is 0 Å². The predicted molar refractivity (Wildman–Crippen MR) is 121 cm³/mol. The maximum atomic E-state index is 11.3. The van der Waals surface area contributed by atoms with Gasteiger partial charge in [0.15, 0.2) is 0 Å². The fourth-order valence-electron chi connectivity index (χ4n) is 3.69. The van der Waals surface area contributed by atoms with Gasteiger partial charge in [0.2, 0.25) is 5.91 Å². The molecule has 1 amide bonds. The van der Waals surface area contributed by atoms with E-state index in [1.54, 1.807) is 6.08 Å². The van der Waals surface area contributed by atoms with Gasteiger partial charge in [-0.1, -0.05) is 30.9 Å². The number of nitrogens with zero attached hydrogens (tertiary/aromatic N) is 3. The maximum absolute atomic E-state index is 11.3. The zero-order valence-electron chi connectivity index (χ0n) is 17.6. The second-order valence-electron chi connectivity index (χ2n) is 7.53. The van der Waals surface area contributed by atoms with E-state index in [2.05, 4.69) is 38.9 Å². The molecule has 0 fully saturated rings. The lowest BCUT2D eigenvalue weighted by molar-refractivity contribution is -0.121. The number of carbonyl (C=O) groups is 1. The number of aliphatic hydroxyl groups excluding tert-OH is 1. The number of likely N-dealkylation sites (N-methyl/N-ethyl adjacent to an activating group) is 1. The van der Waals surface area contributed by atoms with Crippen molar-refractivity contribution in [3.63, 3.8) is 0 Å². The third kappa shape index (κ3) is 4.86. The summed E-state index contributed by atoms with van der Waals surface area (Å²) in [6.45, 7) is 10.5. The van der Waals surface area contributed by atoms with E-state index in [-0.39, 0.29) is 11.8 Å². The monoisotopic (exact) mass is 407 g/mol. The number of aliphatic hydroxyl groups is 1. The fraction of sp³-hybridized carbons (Fsp3) is 0.348. The van der Waals surface area contributed by atoms with Gasteiger partial charge in [-0.2, -0.15) is 5.10 Å². The summed E-state index contributed by atoms with van der Waals surface area (Å²) in [5.41, 5.74) is 6.97. The molecular weight excluding hydrogens is 378 g/mol. The number of aliphatic imine (C=N–C) groups is 1. The van der Waals surface area contributed by atoms with Crippen LogP contribution in [0.5, 0.6) is 0 Å². The van der Waals surface area contributed by atoms with Crippen molar-refractivity contribution in [2.45, 2.75) is 32.3 Å². The molecule has 3 rings (SSSR count). The lowest BCUT2D eigenvalue weighted by Crippen LogP contribution is -2.37. The van der Waals surface area contributed by atoms with Crippen molar-refractivity contribution in [1.82, 2.24) is 15.6 Å². The van der Waals surface area contributed by atoms with Crippen molar-refractivity contribution >= 4 is 17.5 Å². The molecule has 2 heterocycles. The Bertz CT molecular complexity index is 920. The molecular formula is C23H29N5O2. The number of amides is 1. The lowest BCUT2D eigenvalue weighted by Gasteiger charge is -2.30. The SMILES string of the molecule is C=CC/C=C/C(=C)C1=C(C)C(NC2=CC(O)C(C3=NNC(=O)CC3)C=C2)=NCN1C. The van der Waals surface area contributed by atoms with Gasteiger partial charge in [0, 0.05) is 36.4 Å². The molecule has 0 saturated carbocycles. The average Bonchev–Trinajstić information content (AvgIpc) is 2.71. The Balaban J connectivity index is 1.72. The predicted octanol–water partition coefficient (Wildman–Crippen LogP) is 2.54. The third-order valence-corrected chi connectivity index (χ3v) is 5.24. The van der Waals surface area contributed by atoms with E-state index in [0.29, 0.717) is 19.5 Å². The first-order valence-corrected chi connectivity index (χ1v) is 10.0. The van der Waals surface area contributed by atoms with Crippen molar-refractivity contribution in [3.05, 3.63) is 72.2 Å². The van der Waals surface area contributed by atoms with Gasteiger partial charge < -0.3 is 15.3 Å². The van der Waals surface area contributed by atoms with E-state index in [4.69, 9.17) is 0 Å². The molecule has 0 aromatic heterocycles. The number of carbonyl (C=O) groups excluding carboxylic acids is 1. The number of hydrogen-bond donors (Lipinski definition) is 3. The third-order valence-electron chi connectivity index (χ3n) is 5.24. The van der Waals surface area contributed by atoms with E-state index >= 15 is 0 Å². The number of nitrogens with one attached hydrogen (secondary N) is 2. The summed E-state index contributed by atoms with van der Waals surface area (Å²) in [6.07, 6.45) is 12.5. The summed E-state index contributed by atoms with van der Waals surface area (Å²) in [5.74, 6) is 0.424. The van der Waals surface area contributed by atoms with Crippen molar-refractivity contribution in [2.75, 3.05) is 13.7 Å². The Hall–Kier alpha value is -3.19. The van der Waals surface area contributed by atoms with Crippen molar-refractivity contribution in [3.8, 4) is 0 Å². The molecule has 158 valence electrons. The van der Waals surface area contributed by atoms with Crippen LogP contribution in [-0.2, 0) is 4.79 Å². The van der Waals surface area contributed by atoms with Gasteiger partial charge >= 0.3 is 0 Å². The van der Waals surface area contributed by atoms with Gasteiger partial charge in [0.25, 0.3) is 0 Å². The largest absolute Gasteiger partial charge is 0.388 e. The highest BCUT2D eigenvalue weighted by molar-refractivity contribution is 6.01. The average molecular weight is 408 g/mol. The Morgan fingerprint density at radius 2 is 2.27 bits per heavy atom. The second kappa shape index (κ2) is 9.54. The minimum Gasteiger partial charge on any atom is -0.388 e. The van der Waals surface area contributed by atoms with Gasteiger partial charge in [-0.3, -0.25) is 4.79 Å². The number of allylic oxidation sites excluding steroid dienone is 4. The molecule has 3 N–H and O–H groups in total. The van der Waals surface area contributed by atoms with E-state index < -0.39 is 6.10 Å². The topological polar surface area (TPSA) is 89.3 Å². The van der Waals surface area contributed by atoms with Gasteiger partial charge in [-0.15, -0.1) is 6.58 Å². The van der Waals surface area contributed by atoms with E-state index in [9.17, 15) is 9.90 Å². The van der Waals surface area contributed by atoms with Crippen molar-refractivity contribution < 1.29 is 9.90 Å². The number of rotatable bonds is 6. The van der Waals surface area contributed by atoms with Crippen LogP contribution in [-0.4, -0.2) is 47.3 Å². The van der Waals surface area contributed by atoms with Gasteiger partial charge in [-0.05, 0) is 37.5 Å². The number of amidine groups is 1. The molecule has 7 nitrogen and oxygen atoms in total. The summed E-state index contributed by atoms with van der Waals surface area (Å²) in [7, 11) is 1.99. The molecule has 0 bridgehead atoms. The highest BCUT2D eigenvalue weighted by Gasteiger charge is 2.27. The van der Waals surface area contributed by atoms with Gasteiger partial charge in [0.1, 0.15) is 12.5 Å². The zero-order chi connectivity index (χ0) is 21.7.